The van der Waals surface area contributed by atoms with Gasteiger partial charge in [0.15, 0.2) is 0 Å². The van der Waals surface area contributed by atoms with Crippen molar-refractivity contribution in [2.24, 2.45) is 5.41 Å². The normalized spacial score (nSPS) is 24.1. The highest BCUT2D eigenvalue weighted by molar-refractivity contribution is 5.08. The topological polar surface area (TPSA) is 0 Å². The first kappa shape index (κ1) is 7.84. The Morgan fingerprint density at radius 3 is 2.60 bits per heavy atom. The highest BCUT2D eigenvalue weighted by Crippen LogP contribution is 2.35. The summed E-state index contributed by atoms with van der Waals surface area (Å²) in [5, 5.41) is 0. The smallest absolute Gasteiger partial charge is 0.0269 e. The molecule has 0 radical (unpaired) electrons. The molecule has 0 fully saturated rings. The van der Waals surface area contributed by atoms with E-state index in [1.807, 2.05) is 0 Å². The molecule has 0 atom stereocenters. The summed E-state index contributed by atoms with van der Waals surface area (Å²) in [5.41, 5.74) is 2.25. The molecule has 0 spiro atoms. The average molecular weight is 138 g/mol. The van der Waals surface area contributed by atoms with Crippen molar-refractivity contribution in [2.75, 3.05) is 0 Å². The largest absolute Gasteiger partial charge is 0.0853 e. The van der Waals surface area contributed by atoms with Crippen LogP contribution < -0.4 is 0 Å². The lowest BCUT2D eigenvalue weighted by atomic mass is 9.77. The monoisotopic (exact) mass is 138 g/mol. The van der Waals surface area contributed by atoms with Gasteiger partial charge in [0.25, 0.3) is 0 Å². The van der Waals surface area contributed by atoms with E-state index in [9.17, 15) is 0 Å². The average Bonchev–Trinajstić information content (AvgIpc) is 1.86. The maximum Gasteiger partial charge on any atom is -0.0269 e. The minimum Gasteiger partial charge on any atom is -0.0853 e. The van der Waals surface area contributed by atoms with E-state index >= 15 is 0 Å². The number of hydrogen-bond donors (Lipinski definition) is 0. The number of hydrogen-bond acceptors (Lipinski definition) is 0. The van der Waals surface area contributed by atoms with E-state index in [-0.39, 0.29) is 0 Å². The molecule has 0 bridgehead atoms. The third kappa shape index (κ3) is 1.86. The minimum absolute atomic E-state index is 0.583. The predicted octanol–water partition coefficient (Wildman–Crippen LogP) is 3.53. The van der Waals surface area contributed by atoms with E-state index in [1.165, 1.54) is 25.7 Å². The van der Waals surface area contributed by atoms with Gasteiger partial charge < -0.3 is 0 Å². The van der Waals surface area contributed by atoms with Crippen LogP contribution in [0.4, 0.5) is 0 Å². The summed E-state index contributed by atoms with van der Waals surface area (Å²) >= 11 is 0. The van der Waals surface area contributed by atoms with Gasteiger partial charge in [-0.3, -0.25) is 0 Å². The molecule has 0 aromatic heterocycles. The minimum atomic E-state index is 0.583. The Morgan fingerprint density at radius 1 is 1.50 bits per heavy atom. The van der Waals surface area contributed by atoms with Crippen LogP contribution >= 0.6 is 0 Å². The molecule has 0 N–H and O–H groups in total. The molecule has 0 aliphatic heterocycles. The fourth-order valence-electron chi connectivity index (χ4n) is 1.71. The Bertz CT molecular complexity index is 140. The van der Waals surface area contributed by atoms with Crippen molar-refractivity contribution >= 4 is 0 Å². The quantitative estimate of drug-likeness (QED) is 0.486. The van der Waals surface area contributed by atoms with Gasteiger partial charge in [-0.2, -0.15) is 0 Å². The molecule has 0 aromatic rings. The second kappa shape index (κ2) is 2.77. The van der Waals surface area contributed by atoms with E-state index in [4.69, 9.17) is 0 Å². The van der Waals surface area contributed by atoms with Crippen LogP contribution in [0.1, 0.15) is 46.5 Å². The van der Waals surface area contributed by atoms with Crippen LogP contribution in [0.2, 0.25) is 0 Å². The van der Waals surface area contributed by atoms with E-state index in [1.54, 1.807) is 5.57 Å². The van der Waals surface area contributed by atoms with Crippen molar-refractivity contribution in [1.82, 2.24) is 0 Å². The van der Waals surface area contributed by atoms with Crippen molar-refractivity contribution in [1.29, 1.82) is 0 Å². The second-order valence-corrected chi connectivity index (χ2v) is 4.10. The molecule has 0 saturated carbocycles. The van der Waals surface area contributed by atoms with Gasteiger partial charge >= 0.3 is 0 Å². The molecule has 1 aliphatic carbocycles. The number of allylic oxidation sites excluding steroid dienone is 2. The summed E-state index contributed by atoms with van der Waals surface area (Å²) < 4.78 is 0. The van der Waals surface area contributed by atoms with Gasteiger partial charge in [-0.05, 0) is 31.1 Å². The van der Waals surface area contributed by atoms with Crippen LogP contribution in [0.25, 0.3) is 0 Å². The van der Waals surface area contributed by atoms with Crippen LogP contribution in [-0.4, -0.2) is 0 Å². The Morgan fingerprint density at radius 2 is 2.20 bits per heavy atom. The second-order valence-electron chi connectivity index (χ2n) is 4.10. The highest BCUT2D eigenvalue weighted by Gasteiger charge is 2.21. The summed E-state index contributed by atoms with van der Waals surface area (Å²) in [6.45, 7) is 7.00. The van der Waals surface area contributed by atoms with Crippen LogP contribution in [0, 0.1) is 5.41 Å². The van der Waals surface area contributed by atoms with Gasteiger partial charge in [-0.1, -0.05) is 32.4 Å². The molecule has 10 heavy (non-hydrogen) atoms. The highest BCUT2D eigenvalue weighted by atomic mass is 14.3. The fourth-order valence-corrected chi connectivity index (χ4v) is 1.71. The van der Waals surface area contributed by atoms with E-state index in [0.29, 0.717) is 5.41 Å². The van der Waals surface area contributed by atoms with Gasteiger partial charge in [-0.25, -0.2) is 0 Å². The molecular formula is C10H18. The SMILES string of the molecule is CCC1=CCCC(C)(C)C1. The summed E-state index contributed by atoms with van der Waals surface area (Å²) in [6.07, 6.45) is 7.67. The third-order valence-corrected chi connectivity index (χ3v) is 2.41. The standard InChI is InChI=1S/C10H18/c1-4-9-6-5-7-10(2,3)8-9/h6H,4-5,7-8H2,1-3H3. The summed E-state index contributed by atoms with van der Waals surface area (Å²) in [5.74, 6) is 0. The molecule has 0 saturated heterocycles. The Balaban J connectivity index is 2.57. The molecule has 0 heterocycles. The Hall–Kier alpha value is -0.260. The van der Waals surface area contributed by atoms with Gasteiger partial charge in [0, 0.05) is 0 Å². The molecule has 1 aliphatic rings. The maximum absolute atomic E-state index is 2.42. The van der Waals surface area contributed by atoms with E-state index in [2.05, 4.69) is 26.8 Å². The van der Waals surface area contributed by atoms with Gasteiger partial charge in [0.05, 0.1) is 0 Å². The first-order chi connectivity index (χ1) is 4.64. The Kier molecular flexibility index (Phi) is 2.18. The molecule has 0 aromatic carbocycles. The first-order valence-electron chi connectivity index (χ1n) is 4.32. The Labute approximate surface area is 64.3 Å². The molecular weight excluding hydrogens is 120 g/mol. The van der Waals surface area contributed by atoms with Crippen molar-refractivity contribution in [3.8, 4) is 0 Å². The summed E-state index contributed by atoms with van der Waals surface area (Å²) in [6, 6.07) is 0. The lowest BCUT2D eigenvalue weighted by Gasteiger charge is -2.29. The molecule has 58 valence electrons. The zero-order chi connectivity index (χ0) is 7.61. The van der Waals surface area contributed by atoms with Gasteiger partial charge in [-0.15, -0.1) is 0 Å². The number of rotatable bonds is 1. The van der Waals surface area contributed by atoms with Crippen molar-refractivity contribution in [3.05, 3.63) is 11.6 Å². The fraction of sp³-hybridized carbons (Fsp3) is 0.800. The maximum atomic E-state index is 2.42. The van der Waals surface area contributed by atoms with Crippen LogP contribution in [-0.2, 0) is 0 Å². The lowest BCUT2D eigenvalue weighted by Crippen LogP contribution is -2.15. The molecule has 0 heteroatoms. The van der Waals surface area contributed by atoms with Crippen molar-refractivity contribution in [2.45, 2.75) is 46.5 Å². The zero-order valence-electron chi connectivity index (χ0n) is 7.41. The predicted molar refractivity (Wildman–Crippen MR) is 46.0 cm³/mol. The van der Waals surface area contributed by atoms with E-state index < -0.39 is 0 Å². The van der Waals surface area contributed by atoms with Crippen LogP contribution in [0.3, 0.4) is 0 Å². The third-order valence-electron chi connectivity index (χ3n) is 2.41. The molecule has 0 nitrogen and oxygen atoms in total. The summed E-state index contributed by atoms with van der Waals surface area (Å²) in [7, 11) is 0. The molecule has 1 rings (SSSR count). The molecule has 0 unspecified atom stereocenters. The summed E-state index contributed by atoms with van der Waals surface area (Å²) in [4.78, 5) is 0. The van der Waals surface area contributed by atoms with Crippen molar-refractivity contribution in [3.63, 3.8) is 0 Å². The van der Waals surface area contributed by atoms with E-state index in [0.717, 1.165) is 0 Å². The van der Waals surface area contributed by atoms with Gasteiger partial charge in [0.1, 0.15) is 0 Å². The van der Waals surface area contributed by atoms with Crippen LogP contribution in [0.15, 0.2) is 11.6 Å². The first-order valence-corrected chi connectivity index (χ1v) is 4.32. The van der Waals surface area contributed by atoms with Gasteiger partial charge in [0.2, 0.25) is 0 Å². The molecule has 0 amide bonds. The van der Waals surface area contributed by atoms with Crippen LogP contribution in [0.5, 0.6) is 0 Å². The van der Waals surface area contributed by atoms with Crippen molar-refractivity contribution < 1.29 is 0 Å². The lowest BCUT2D eigenvalue weighted by molar-refractivity contribution is 0.317. The zero-order valence-corrected chi connectivity index (χ0v) is 7.41.